The summed E-state index contributed by atoms with van der Waals surface area (Å²) in [5, 5.41) is 7.79. The van der Waals surface area contributed by atoms with Crippen LogP contribution >= 0.6 is 0 Å². The minimum Gasteiger partial charge on any atom is -0.454 e. The molecule has 3 heterocycles. The van der Waals surface area contributed by atoms with Crippen LogP contribution in [0.1, 0.15) is 27.6 Å². The van der Waals surface area contributed by atoms with Crippen LogP contribution in [0.3, 0.4) is 0 Å². The van der Waals surface area contributed by atoms with Crippen LogP contribution in [0.2, 0.25) is 0 Å². The second kappa shape index (κ2) is 6.73. The van der Waals surface area contributed by atoms with E-state index in [2.05, 4.69) is 20.4 Å². The molecular formula is C20H16N4O4. The Morgan fingerprint density at radius 3 is 3.00 bits per heavy atom. The fraction of sp³-hybridized carbons (Fsp3) is 0.150. The Morgan fingerprint density at radius 2 is 2.04 bits per heavy atom. The van der Waals surface area contributed by atoms with Gasteiger partial charge in [0.25, 0.3) is 0 Å². The fourth-order valence-corrected chi connectivity index (χ4v) is 3.18. The minimum absolute atomic E-state index is 0.0596. The number of hydrogen-bond acceptors (Lipinski definition) is 6. The van der Waals surface area contributed by atoms with Crippen LogP contribution in [0, 0.1) is 0 Å². The minimum atomic E-state index is -0.421. The van der Waals surface area contributed by atoms with Crippen molar-refractivity contribution in [3.8, 4) is 11.5 Å². The first-order chi connectivity index (χ1) is 13.8. The number of hydrogen-bond donors (Lipinski definition) is 2. The molecule has 0 aliphatic carbocycles. The molecule has 2 N–H and O–H groups in total. The first-order valence-electron chi connectivity index (χ1n) is 8.80. The molecule has 8 heteroatoms. The van der Waals surface area contributed by atoms with E-state index in [4.69, 9.17) is 14.0 Å². The van der Waals surface area contributed by atoms with E-state index in [-0.39, 0.29) is 12.7 Å². The Kier molecular flexibility index (Phi) is 3.93. The van der Waals surface area contributed by atoms with Gasteiger partial charge in [0.15, 0.2) is 17.3 Å². The highest BCUT2D eigenvalue weighted by Gasteiger charge is 2.17. The van der Waals surface area contributed by atoms with Crippen LogP contribution in [0.4, 0.5) is 0 Å². The van der Waals surface area contributed by atoms with Crippen molar-refractivity contribution in [2.24, 2.45) is 0 Å². The number of fused-ring (bicyclic) bond motifs is 2. The lowest BCUT2D eigenvalue weighted by molar-refractivity contribution is 0.0907. The number of rotatable bonds is 5. The summed E-state index contributed by atoms with van der Waals surface area (Å²) in [6, 6.07) is 13.5. The molecule has 0 unspecified atom stereocenters. The zero-order chi connectivity index (χ0) is 18.9. The zero-order valence-electron chi connectivity index (χ0n) is 14.8. The average molecular weight is 376 g/mol. The van der Waals surface area contributed by atoms with Crippen molar-refractivity contribution >= 4 is 16.8 Å². The number of H-pyrrole nitrogens is 1. The van der Waals surface area contributed by atoms with Gasteiger partial charge in [0.05, 0.1) is 0 Å². The highest BCUT2D eigenvalue weighted by Crippen LogP contribution is 2.32. The Balaban J connectivity index is 1.25. The molecule has 0 radical (unpaired) electrons. The third-order valence-electron chi connectivity index (χ3n) is 4.58. The van der Waals surface area contributed by atoms with Crippen molar-refractivity contribution in [3.63, 3.8) is 0 Å². The Bertz CT molecular complexity index is 1160. The number of amides is 1. The largest absolute Gasteiger partial charge is 0.454 e. The first-order valence-corrected chi connectivity index (χ1v) is 8.80. The predicted molar refractivity (Wildman–Crippen MR) is 99.1 cm³/mol. The molecule has 0 fully saturated rings. The number of nitrogens with one attached hydrogen (secondary N) is 2. The third kappa shape index (κ3) is 3.05. The molecule has 1 aliphatic heterocycles. The maximum Gasteiger partial charge on any atom is 0.315 e. The van der Waals surface area contributed by atoms with Crippen LogP contribution in [-0.4, -0.2) is 27.8 Å². The van der Waals surface area contributed by atoms with E-state index in [1.165, 1.54) is 0 Å². The van der Waals surface area contributed by atoms with Crippen molar-refractivity contribution in [1.82, 2.24) is 20.4 Å². The quantitative estimate of drug-likeness (QED) is 0.555. The summed E-state index contributed by atoms with van der Waals surface area (Å²) in [5.41, 5.74) is 2.97. The second-order valence-electron chi connectivity index (χ2n) is 6.42. The number of para-hydroxylation sites is 1. The number of carbonyl (C=O) groups is 1. The van der Waals surface area contributed by atoms with Gasteiger partial charge in [-0.25, -0.2) is 0 Å². The van der Waals surface area contributed by atoms with Crippen LogP contribution in [0.15, 0.2) is 53.2 Å². The molecule has 0 bridgehead atoms. The molecule has 2 aromatic carbocycles. The Hall–Kier alpha value is -3.81. The van der Waals surface area contributed by atoms with E-state index in [0.29, 0.717) is 30.3 Å². The summed E-state index contributed by atoms with van der Waals surface area (Å²) in [7, 11) is 0. The van der Waals surface area contributed by atoms with E-state index >= 15 is 0 Å². The molecule has 0 saturated heterocycles. The zero-order valence-corrected chi connectivity index (χ0v) is 14.8. The lowest BCUT2D eigenvalue weighted by Crippen LogP contribution is -2.23. The normalized spacial score (nSPS) is 12.4. The summed E-state index contributed by atoms with van der Waals surface area (Å²) < 4.78 is 15.7. The fourth-order valence-electron chi connectivity index (χ4n) is 3.18. The highest BCUT2D eigenvalue weighted by molar-refractivity contribution is 5.89. The van der Waals surface area contributed by atoms with E-state index in [1.807, 2.05) is 48.7 Å². The number of aromatic amines is 1. The lowest BCUT2D eigenvalue weighted by atomic mass is 10.1. The number of aromatic nitrogens is 3. The van der Waals surface area contributed by atoms with Crippen molar-refractivity contribution in [2.75, 3.05) is 6.79 Å². The van der Waals surface area contributed by atoms with Crippen LogP contribution < -0.4 is 14.8 Å². The molecule has 0 saturated carbocycles. The summed E-state index contributed by atoms with van der Waals surface area (Å²) in [4.78, 5) is 19.7. The second-order valence-corrected chi connectivity index (χ2v) is 6.42. The van der Waals surface area contributed by atoms with Gasteiger partial charge >= 0.3 is 11.8 Å². The van der Waals surface area contributed by atoms with Crippen molar-refractivity contribution in [3.05, 3.63) is 71.5 Å². The molecule has 0 spiro atoms. The maximum atomic E-state index is 12.3. The van der Waals surface area contributed by atoms with E-state index in [9.17, 15) is 4.79 Å². The van der Waals surface area contributed by atoms with Crippen molar-refractivity contribution in [2.45, 2.75) is 13.0 Å². The SMILES string of the molecule is O=C(NCc1ccc2c(c1)OCO2)c1nc(Cc2c[nH]c3ccccc23)no1. The van der Waals surface area contributed by atoms with Gasteiger partial charge in [-0.05, 0) is 29.3 Å². The molecule has 140 valence electrons. The standard InChI is InChI=1S/C20H16N4O4/c25-19(22-9-12-5-6-16-17(7-12)27-11-26-16)20-23-18(24-28-20)8-13-10-21-15-4-2-1-3-14(13)15/h1-7,10,21H,8-9,11H2,(H,22,25). The Labute approximate surface area is 159 Å². The van der Waals surface area contributed by atoms with Gasteiger partial charge in [0, 0.05) is 30.1 Å². The van der Waals surface area contributed by atoms with E-state index in [0.717, 1.165) is 22.0 Å². The maximum absolute atomic E-state index is 12.3. The topological polar surface area (TPSA) is 102 Å². The van der Waals surface area contributed by atoms with Crippen LogP contribution in [0.5, 0.6) is 11.5 Å². The van der Waals surface area contributed by atoms with Gasteiger partial charge in [-0.1, -0.05) is 29.4 Å². The first kappa shape index (κ1) is 16.4. The molecule has 1 aliphatic rings. The van der Waals surface area contributed by atoms with Crippen molar-refractivity contribution < 1.29 is 18.8 Å². The van der Waals surface area contributed by atoms with Gasteiger partial charge in [-0.15, -0.1) is 0 Å². The van der Waals surface area contributed by atoms with Gasteiger partial charge in [-0.2, -0.15) is 4.98 Å². The Morgan fingerprint density at radius 1 is 1.14 bits per heavy atom. The number of benzene rings is 2. The molecule has 4 aromatic rings. The summed E-state index contributed by atoms with van der Waals surface area (Å²) in [6.45, 7) is 0.530. The number of carbonyl (C=O) groups excluding carboxylic acids is 1. The molecule has 5 rings (SSSR count). The van der Waals surface area contributed by atoms with E-state index < -0.39 is 5.91 Å². The van der Waals surface area contributed by atoms with Crippen LogP contribution in [0.25, 0.3) is 10.9 Å². The summed E-state index contributed by atoms with van der Waals surface area (Å²) >= 11 is 0. The molecule has 28 heavy (non-hydrogen) atoms. The average Bonchev–Trinajstić information content (AvgIpc) is 3.46. The van der Waals surface area contributed by atoms with Gasteiger partial charge in [0.2, 0.25) is 6.79 Å². The highest BCUT2D eigenvalue weighted by atomic mass is 16.7. The monoisotopic (exact) mass is 376 g/mol. The molecular weight excluding hydrogens is 360 g/mol. The van der Waals surface area contributed by atoms with E-state index in [1.54, 1.807) is 0 Å². The molecule has 2 aromatic heterocycles. The molecule has 0 atom stereocenters. The lowest BCUT2D eigenvalue weighted by Gasteiger charge is -2.03. The van der Waals surface area contributed by atoms with Gasteiger partial charge in [0.1, 0.15) is 0 Å². The number of ether oxygens (including phenoxy) is 2. The summed E-state index contributed by atoms with van der Waals surface area (Å²) in [6.07, 6.45) is 2.39. The smallest absolute Gasteiger partial charge is 0.315 e. The third-order valence-corrected chi connectivity index (χ3v) is 4.58. The summed E-state index contributed by atoms with van der Waals surface area (Å²) in [5.74, 6) is 1.35. The van der Waals surface area contributed by atoms with Gasteiger partial charge < -0.3 is 24.3 Å². The van der Waals surface area contributed by atoms with Gasteiger partial charge in [-0.3, -0.25) is 4.79 Å². The predicted octanol–water partition coefficient (Wildman–Crippen LogP) is 2.80. The van der Waals surface area contributed by atoms with Crippen molar-refractivity contribution in [1.29, 1.82) is 0 Å². The van der Waals surface area contributed by atoms with Crippen LogP contribution in [-0.2, 0) is 13.0 Å². The molecule has 8 nitrogen and oxygen atoms in total. The number of nitrogens with zero attached hydrogens (tertiary/aromatic N) is 2. The molecule has 1 amide bonds.